The first-order chi connectivity index (χ1) is 9.25. The lowest BCUT2D eigenvalue weighted by atomic mass is 10.2. The van der Waals surface area contributed by atoms with E-state index >= 15 is 0 Å². The third-order valence-electron chi connectivity index (χ3n) is 2.87. The molecule has 0 spiro atoms. The number of aromatic nitrogens is 3. The first-order valence-corrected chi connectivity index (χ1v) is 6.53. The van der Waals surface area contributed by atoms with Crippen molar-refractivity contribution in [2.45, 2.75) is 0 Å². The Labute approximate surface area is 119 Å². The smallest absolute Gasteiger partial charge is 0.0997 e. The summed E-state index contributed by atoms with van der Waals surface area (Å²) in [5.41, 5.74) is 9.51. The van der Waals surface area contributed by atoms with Crippen LogP contribution in [-0.2, 0) is 0 Å². The normalized spacial score (nSPS) is 10.6. The van der Waals surface area contributed by atoms with Crippen LogP contribution in [0.15, 0.2) is 59.7 Å². The number of rotatable bonds is 2. The summed E-state index contributed by atoms with van der Waals surface area (Å²) in [5.74, 6) is 0. The number of hydrogen-bond donors (Lipinski definition) is 1. The molecule has 0 aliphatic carbocycles. The maximum atomic E-state index is 5.99. The van der Waals surface area contributed by atoms with Crippen molar-refractivity contribution in [2.75, 3.05) is 5.73 Å². The summed E-state index contributed by atoms with van der Waals surface area (Å²) in [7, 11) is 0. The van der Waals surface area contributed by atoms with Gasteiger partial charge in [0.25, 0.3) is 0 Å². The highest BCUT2D eigenvalue weighted by molar-refractivity contribution is 9.10. The highest BCUT2D eigenvalue weighted by atomic mass is 79.9. The summed E-state index contributed by atoms with van der Waals surface area (Å²) in [6, 6.07) is 9.80. The van der Waals surface area contributed by atoms with Crippen LogP contribution in [0, 0.1) is 0 Å². The van der Waals surface area contributed by atoms with Gasteiger partial charge in [0.05, 0.1) is 18.2 Å². The topological polar surface area (TPSA) is 56.7 Å². The second-order valence-corrected chi connectivity index (χ2v) is 5.00. The van der Waals surface area contributed by atoms with Crippen molar-refractivity contribution >= 4 is 21.6 Å². The van der Waals surface area contributed by atoms with Crippen LogP contribution in [0.5, 0.6) is 0 Å². The Kier molecular flexibility index (Phi) is 3.05. The average molecular weight is 315 g/mol. The van der Waals surface area contributed by atoms with E-state index in [0.29, 0.717) is 5.69 Å². The summed E-state index contributed by atoms with van der Waals surface area (Å²) in [4.78, 5) is 8.33. The fourth-order valence-corrected chi connectivity index (χ4v) is 2.19. The number of nitrogens with zero attached hydrogens (tertiary/aromatic N) is 3. The highest BCUT2D eigenvalue weighted by Crippen LogP contribution is 2.27. The van der Waals surface area contributed by atoms with E-state index in [1.807, 2.05) is 28.8 Å². The van der Waals surface area contributed by atoms with Gasteiger partial charge in [0.15, 0.2) is 0 Å². The van der Waals surface area contributed by atoms with E-state index in [9.17, 15) is 0 Å². The lowest BCUT2D eigenvalue weighted by Crippen LogP contribution is -1.98. The van der Waals surface area contributed by atoms with Crippen molar-refractivity contribution < 1.29 is 0 Å². The molecule has 19 heavy (non-hydrogen) atoms. The van der Waals surface area contributed by atoms with Crippen LogP contribution >= 0.6 is 15.9 Å². The van der Waals surface area contributed by atoms with Crippen LogP contribution in [0.4, 0.5) is 5.69 Å². The fourth-order valence-electron chi connectivity index (χ4n) is 1.92. The molecule has 0 aliphatic rings. The molecule has 4 nitrogen and oxygen atoms in total. The molecule has 1 aromatic carbocycles. The zero-order chi connectivity index (χ0) is 13.2. The van der Waals surface area contributed by atoms with Gasteiger partial charge in [-0.3, -0.25) is 9.55 Å². The van der Waals surface area contributed by atoms with Gasteiger partial charge in [-0.25, -0.2) is 4.98 Å². The van der Waals surface area contributed by atoms with Crippen LogP contribution in [0.3, 0.4) is 0 Å². The molecule has 0 unspecified atom stereocenters. The summed E-state index contributed by atoms with van der Waals surface area (Å²) in [6.07, 6.45) is 6.99. The van der Waals surface area contributed by atoms with E-state index in [1.54, 1.807) is 31.0 Å². The second kappa shape index (κ2) is 4.85. The number of nitrogen functional groups attached to an aromatic ring is 1. The summed E-state index contributed by atoms with van der Waals surface area (Å²) < 4.78 is 3.03. The van der Waals surface area contributed by atoms with Gasteiger partial charge in [0, 0.05) is 33.8 Å². The number of pyridine rings is 1. The zero-order valence-electron chi connectivity index (χ0n) is 9.99. The molecule has 0 saturated heterocycles. The second-order valence-electron chi connectivity index (χ2n) is 4.09. The van der Waals surface area contributed by atoms with E-state index < -0.39 is 0 Å². The first-order valence-electron chi connectivity index (χ1n) is 5.74. The van der Waals surface area contributed by atoms with Gasteiger partial charge in [0.2, 0.25) is 0 Å². The molecule has 0 fully saturated rings. The quantitative estimate of drug-likeness (QED) is 0.789. The lowest BCUT2D eigenvalue weighted by Gasteiger charge is -2.09. The van der Waals surface area contributed by atoms with Gasteiger partial charge in [-0.15, -0.1) is 0 Å². The van der Waals surface area contributed by atoms with Gasteiger partial charge in [-0.1, -0.05) is 15.9 Å². The SMILES string of the molecule is Nc1ccncc1-c1cncn1-c1ccc(Br)cc1. The molecule has 0 amide bonds. The summed E-state index contributed by atoms with van der Waals surface area (Å²) in [6.45, 7) is 0. The Morgan fingerprint density at radius 2 is 1.79 bits per heavy atom. The number of nitrogens with two attached hydrogens (primary N) is 1. The predicted molar refractivity (Wildman–Crippen MR) is 78.9 cm³/mol. The maximum Gasteiger partial charge on any atom is 0.0997 e. The molecule has 3 rings (SSSR count). The van der Waals surface area contributed by atoms with E-state index in [-0.39, 0.29) is 0 Å². The van der Waals surface area contributed by atoms with Crippen LogP contribution < -0.4 is 5.73 Å². The molecular formula is C14H11BrN4. The van der Waals surface area contributed by atoms with E-state index in [0.717, 1.165) is 21.4 Å². The molecule has 0 atom stereocenters. The zero-order valence-corrected chi connectivity index (χ0v) is 11.6. The Morgan fingerprint density at radius 3 is 2.53 bits per heavy atom. The van der Waals surface area contributed by atoms with E-state index in [2.05, 4.69) is 25.9 Å². The Bertz CT molecular complexity index is 703. The van der Waals surface area contributed by atoms with Gasteiger partial charge in [-0.2, -0.15) is 0 Å². The average Bonchev–Trinajstić information content (AvgIpc) is 2.89. The third-order valence-corrected chi connectivity index (χ3v) is 3.40. The van der Waals surface area contributed by atoms with Crippen molar-refractivity contribution in [1.29, 1.82) is 0 Å². The minimum atomic E-state index is 0.689. The Morgan fingerprint density at radius 1 is 1.00 bits per heavy atom. The molecule has 0 radical (unpaired) electrons. The van der Waals surface area contributed by atoms with Crippen LogP contribution in [0.2, 0.25) is 0 Å². The number of anilines is 1. The molecule has 2 heterocycles. The molecule has 94 valence electrons. The van der Waals surface area contributed by atoms with Crippen molar-refractivity contribution in [2.24, 2.45) is 0 Å². The van der Waals surface area contributed by atoms with Crippen molar-refractivity contribution in [3.63, 3.8) is 0 Å². The molecule has 3 aromatic rings. The lowest BCUT2D eigenvalue weighted by molar-refractivity contribution is 1.06. The molecule has 2 N–H and O–H groups in total. The van der Waals surface area contributed by atoms with Crippen LogP contribution in [-0.4, -0.2) is 14.5 Å². The summed E-state index contributed by atoms with van der Waals surface area (Å²) >= 11 is 3.43. The highest BCUT2D eigenvalue weighted by Gasteiger charge is 2.09. The largest absolute Gasteiger partial charge is 0.398 e. The molecule has 0 bridgehead atoms. The first kappa shape index (κ1) is 11.9. The monoisotopic (exact) mass is 314 g/mol. The van der Waals surface area contributed by atoms with Gasteiger partial charge < -0.3 is 5.73 Å². The standard InChI is InChI=1S/C14H11BrN4/c15-10-1-3-11(4-2-10)19-9-18-8-14(19)12-7-17-6-5-13(12)16/h1-9H,(H2,16,17). The van der Waals surface area contributed by atoms with Crippen molar-refractivity contribution in [3.8, 4) is 16.9 Å². The molecule has 0 aliphatic heterocycles. The predicted octanol–water partition coefficient (Wildman–Crippen LogP) is 3.28. The number of hydrogen-bond acceptors (Lipinski definition) is 3. The minimum Gasteiger partial charge on any atom is -0.398 e. The Hall–Kier alpha value is -2.14. The van der Waals surface area contributed by atoms with Gasteiger partial charge >= 0.3 is 0 Å². The number of imidazole rings is 1. The van der Waals surface area contributed by atoms with Gasteiger partial charge in [0.1, 0.15) is 0 Å². The third kappa shape index (κ3) is 2.24. The summed E-state index contributed by atoms with van der Waals surface area (Å²) in [5, 5.41) is 0. The fraction of sp³-hybridized carbons (Fsp3) is 0. The van der Waals surface area contributed by atoms with Crippen molar-refractivity contribution in [3.05, 3.63) is 59.7 Å². The van der Waals surface area contributed by atoms with E-state index in [1.165, 1.54) is 0 Å². The minimum absolute atomic E-state index is 0.689. The molecule has 0 saturated carbocycles. The molecule has 5 heteroatoms. The van der Waals surface area contributed by atoms with Crippen LogP contribution in [0.25, 0.3) is 16.9 Å². The molecule has 2 aromatic heterocycles. The van der Waals surface area contributed by atoms with Gasteiger partial charge in [-0.05, 0) is 30.3 Å². The van der Waals surface area contributed by atoms with Crippen molar-refractivity contribution in [1.82, 2.24) is 14.5 Å². The van der Waals surface area contributed by atoms with E-state index in [4.69, 9.17) is 5.73 Å². The Balaban J connectivity index is 2.13. The molecular weight excluding hydrogens is 304 g/mol. The van der Waals surface area contributed by atoms with Crippen LogP contribution in [0.1, 0.15) is 0 Å². The number of halogens is 1. The maximum absolute atomic E-state index is 5.99. The number of benzene rings is 1.